The first-order valence-electron chi connectivity index (χ1n) is 6.19. The zero-order chi connectivity index (χ0) is 14.0. The van der Waals surface area contributed by atoms with E-state index in [1.807, 2.05) is 0 Å². The standard InChI is InChI=1S/C13H15F3N2O/c14-9-6-11(16)10(15)5-8(9)12(13(17)19)18-7-3-1-2-4-7/h5-7,12,18H,1-4H2,(H2,17,19). The molecular weight excluding hydrogens is 257 g/mol. The molecule has 3 nitrogen and oxygen atoms in total. The highest BCUT2D eigenvalue weighted by Gasteiger charge is 2.27. The van der Waals surface area contributed by atoms with Gasteiger partial charge in [-0.15, -0.1) is 0 Å². The third kappa shape index (κ3) is 3.07. The number of nitrogens with one attached hydrogen (secondary N) is 1. The number of rotatable bonds is 4. The quantitative estimate of drug-likeness (QED) is 0.825. The number of primary amides is 1. The highest BCUT2D eigenvalue weighted by atomic mass is 19.2. The molecule has 1 unspecified atom stereocenters. The number of hydrogen-bond donors (Lipinski definition) is 2. The number of carbonyl (C=O) groups is 1. The largest absolute Gasteiger partial charge is 0.368 e. The summed E-state index contributed by atoms with van der Waals surface area (Å²) in [6.45, 7) is 0. The van der Waals surface area contributed by atoms with Gasteiger partial charge in [-0.3, -0.25) is 10.1 Å². The van der Waals surface area contributed by atoms with Gasteiger partial charge in [-0.2, -0.15) is 0 Å². The number of benzene rings is 1. The van der Waals surface area contributed by atoms with Crippen molar-refractivity contribution >= 4 is 5.91 Å². The Morgan fingerprint density at radius 2 is 1.74 bits per heavy atom. The number of amides is 1. The van der Waals surface area contributed by atoms with Gasteiger partial charge in [0.05, 0.1) is 0 Å². The number of hydrogen-bond acceptors (Lipinski definition) is 2. The van der Waals surface area contributed by atoms with Crippen molar-refractivity contribution in [3.8, 4) is 0 Å². The van der Waals surface area contributed by atoms with Crippen LogP contribution in [-0.2, 0) is 4.79 Å². The van der Waals surface area contributed by atoms with Crippen molar-refractivity contribution in [3.63, 3.8) is 0 Å². The van der Waals surface area contributed by atoms with Crippen LogP contribution in [0, 0.1) is 17.5 Å². The normalized spacial score (nSPS) is 17.6. The van der Waals surface area contributed by atoms with Crippen LogP contribution in [0.25, 0.3) is 0 Å². The number of halogens is 3. The van der Waals surface area contributed by atoms with Gasteiger partial charge in [0.2, 0.25) is 5.91 Å². The minimum absolute atomic E-state index is 0.0463. The minimum Gasteiger partial charge on any atom is -0.368 e. The Balaban J connectivity index is 2.27. The van der Waals surface area contributed by atoms with E-state index in [0.717, 1.165) is 25.7 Å². The molecule has 1 aliphatic rings. The lowest BCUT2D eigenvalue weighted by atomic mass is 10.0. The molecule has 2 rings (SSSR count). The summed E-state index contributed by atoms with van der Waals surface area (Å²) in [5, 5.41) is 2.92. The van der Waals surface area contributed by atoms with Crippen molar-refractivity contribution in [2.45, 2.75) is 37.8 Å². The first kappa shape index (κ1) is 13.9. The molecule has 1 amide bonds. The predicted octanol–water partition coefficient (Wildman–Crippen LogP) is 2.16. The summed E-state index contributed by atoms with van der Waals surface area (Å²) >= 11 is 0. The van der Waals surface area contributed by atoms with Gasteiger partial charge in [-0.1, -0.05) is 12.8 Å². The molecule has 104 valence electrons. The summed E-state index contributed by atoms with van der Waals surface area (Å²) in [4.78, 5) is 11.4. The molecule has 1 fully saturated rings. The van der Waals surface area contributed by atoms with Crippen LogP contribution in [0.3, 0.4) is 0 Å². The predicted molar refractivity (Wildman–Crippen MR) is 63.6 cm³/mol. The zero-order valence-electron chi connectivity index (χ0n) is 10.3. The molecule has 1 aliphatic carbocycles. The second kappa shape index (κ2) is 5.61. The molecule has 0 heterocycles. The minimum atomic E-state index is -1.29. The van der Waals surface area contributed by atoms with E-state index in [2.05, 4.69) is 5.32 Å². The van der Waals surface area contributed by atoms with Crippen LogP contribution in [0.5, 0.6) is 0 Å². The van der Waals surface area contributed by atoms with Gasteiger partial charge >= 0.3 is 0 Å². The fourth-order valence-corrected chi connectivity index (χ4v) is 2.41. The summed E-state index contributed by atoms with van der Waals surface area (Å²) < 4.78 is 39.7. The summed E-state index contributed by atoms with van der Waals surface area (Å²) in [5.74, 6) is -4.27. The van der Waals surface area contributed by atoms with Crippen molar-refractivity contribution < 1.29 is 18.0 Å². The molecular formula is C13H15F3N2O. The molecule has 6 heteroatoms. The van der Waals surface area contributed by atoms with Crippen molar-refractivity contribution in [1.29, 1.82) is 0 Å². The first-order chi connectivity index (χ1) is 8.99. The molecule has 3 N–H and O–H groups in total. The van der Waals surface area contributed by atoms with Crippen LogP contribution in [0.2, 0.25) is 0 Å². The Hall–Kier alpha value is -1.56. The smallest absolute Gasteiger partial charge is 0.239 e. The molecule has 1 aromatic carbocycles. The fourth-order valence-electron chi connectivity index (χ4n) is 2.41. The van der Waals surface area contributed by atoms with Gasteiger partial charge in [0.25, 0.3) is 0 Å². The maximum atomic E-state index is 13.7. The lowest BCUT2D eigenvalue weighted by Gasteiger charge is -2.21. The lowest BCUT2D eigenvalue weighted by molar-refractivity contribution is -0.120. The van der Waals surface area contributed by atoms with Gasteiger partial charge in [0.15, 0.2) is 11.6 Å². The van der Waals surface area contributed by atoms with Gasteiger partial charge in [0, 0.05) is 17.7 Å². The Morgan fingerprint density at radius 1 is 1.16 bits per heavy atom. The van der Waals surface area contributed by atoms with E-state index in [-0.39, 0.29) is 11.6 Å². The SMILES string of the molecule is NC(=O)C(NC1CCCC1)c1cc(F)c(F)cc1F. The van der Waals surface area contributed by atoms with Crippen LogP contribution in [-0.4, -0.2) is 11.9 Å². The average Bonchev–Trinajstić information content (AvgIpc) is 2.84. The van der Waals surface area contributed by atoms with Crippen LogP contribution in [0.15, 0.2) is 12.1 Å². The van der Waals surface area contributed by atoms with E-state index in [9.17, 15) is 18.0 Å². The van der Waals surface area contributed by atoms with E-state index < -0.39 is 29.4 Å². The third-order valence-corrected chi connectivity index (χ3v) is 3.39. The maximum Gasteiger partial charge on any atom is 0.239 e. The summed E-state index contributed by atoms with van der Waals surface area (Å²) in [6, 6.07) is 0.0159. The highest BCUT2D eigenvalue weighted by molar-refractivity contribution is 5.81. The zero-order valence-corrected chi connectivity index (χ0v) is 10.3. The van der Waals surface area contributed by atoms with E-state index in [1.165, 1.54) is 0 Å². The Bertz CT molecular complexity index is 487. The van der Waals surface area contributed by atoms with Gasteiger partial charge in [-0.25, -0.2) is 13.2 Å². The second-order valence-electron chi connectivity index (χ2n) is 4.77. The fraction of sp³-hybridized carbons (Fsp3) is 0.462. The molecule has 19 heavy (non-hydrogen) atoms. The number of carbonyl (C=O) groups excluding carboxylic acids is 1. The third-order valence-electron chi connectivity index (χ3n) is 3.39. The molecule has 0 aliphatic heterocycles. The second-order valence-corrected chi connectivity index (χ2v) is 4.77. The van der Waals surface area contributed by atoms with Gasteiger partial charge in [-0.05, 0) is 18.9 Å². The van der Waals surface area contributed by atoms with E-state index in [0.29, 0.717) is 12.1 Å². The van der Waals surface area contributed by atoms with Crippen molar-refractivity contribution in [2.75, 3.05) is 0 Å². The van der Waals surface area contributed by atoms with E-state index in [4.69, 9.17) is 5.73 Å². The molecule has 0 spiro atoms. The maximum absolute atomic E-state index is 13.7. The van der Waals surface area contributed by atoms with Crippen molar-refractivity contribution in [3.05, 3.63) is 35.1 Å². The van der Waals surface area contributed by atoms with Crippen molar-refractivity contribution in [1.82, 2.24) is 5.32 Å². The molecule has 1 atom stereocenters. The van der Waals surface area contributed by atoms with Gasteiger partial charge < -0.3 is 5.73 Å². The highest BCUT2D eigenvalue weighted by Crippen LogP contribution is 2.25. The number of nitrogens with two attached hydrogens (primary N) is 1. The Labute approximate surface area is 109 Å². The van der Waals surface area contributed by atoms with Gasteiger partial charge in [0.1, 0.15) is 11.9 Å². The summed E-state index contributed by atoms with van der Waals surface area (Å²) in [7, 11) is 0. The summed E-state index contributed by atoms with van der Waals surface area (Å²) in [5.41, 5.74) is 4.97. The van der Waals surface area contributed by atoms with Crippen LogP contribution < -0.4 is 11.1 Å². The average molecular weight is 272 g/mol. The monoisotopic (exact) mass is 272 g/mol. The molecule has 0 aromatic heterocycles. The lowest BCUT2D eigenvalue weighted by Crippen LogP contribution is -2.39. The molecule has 1 aromatic rings. The topological polar surface area (TPSA) is 55.1 Å². The van der Waals surface area contributed by atoms with E-state index >= 15 is 0 Å². The first-order valence-corrected chi connectivity index (χ1v) is 6.19. The summed E-state index contributed by atoms with van der Waals surface area (Å²) in [6.07, 6.45) is 3.75. The Morgan fingerprint density at radius 3 is 2.32 bits per heavy atom. The van der Waals surface area contributed by atoms with Crippen LogP contribution >= 0.6 is 0 Å². The molecule has 0 radical (unpaired) electrons. The van der Waals surface area contributed by atoms with Crippen LogP contribution in [0.4, 0.5) is 13.2 Å². The Kier molecular flexibility index (Phi) is 4.09. The van der Waals surface area contributed by atoms with Crippen LogP contribution in [0.1, 0.15) is 37.3 Å². The van der Waals surface area contributed by atoms with Crippen molar-refractivity contribution in [2.24, 2.45) is 5.73 Å². The van der Waals surface area contributed by atoms with E-state index in [1.54, 1.807) is 0 Å². The molecule has 0 saturated heterocycles. The molecule has 0 bridgehead atoms. The molecule has 1 saturated carbocycles.